The Morgan fingerprint density at radius 2 is 1.38 bits per heavy atom. The quantitative estimate of drug-likeness (QED) is 0.303. The van der Waals surface area contributed by atoms with Gasteiger partial charge >= 0.3 is 0 Å². The summed E-state index contributed by atoms with van der Waals surface area (Å²) in [4.78, 5) is 0. The maximum atomic E-state index is 2.66. The molecule has 0 saturated heterocycles. The minimum atomic E-state index is 0.856. The third kappa shape index (κ3) is 6.64. The predicted octanol–water partition coefficient (Wildman–Crippen LogP) is 10.0. The molecule has 0 amide bonds. The summed E-state index contributed by atoms with van der Waals surface area (Å²) >= 11 is 0. The van der Waals surface area contributed by atoms with Crippen LogP contribution in [0.1, 0.15) is 146 Å². The molecule has 0 aromatic heterocycles. The van der Waals surface area contributed by atoms with Gasteiger partial charge in [0, 0.05) is 0 Å². The fourth-order valence-corrected chi connectivity index (χ4v) is 7.62. The SMILES string of the molecule is CCCCCCC1CCc2cc(C3CCC4CC(CCCCCC)CCC4C3)ccc2C1. The van der Waals surface area contributed by atoms with Gasteiger partial charge in [-0.2, -0.15) is 0 Å². The average molecular weight is 437 g/mol. The van der Waals surface area contributed by atoms with Crippen molar-refractivity contribution < 1.29 is 0 Å². The van der Waals surface area contributed by atoms with Gasteiger partial charge in [0.1, 0.15) is 0 Å². The Morgan fingerprint density at radius 3 is 2.16 bits per heavy atom. The van der Waals surface area contributed by atoms with E-state index in [1.807, 2.05) is 0 Å². The van der Waals surface area contributed by atoms with Gasteiger partial charge < -0.3 is 0 Å². The van der Waals surface area contributed by atoms with Gasteiger partial charge in [0.15, 0.2) is 0 Å². The molecule has 0 heteroatoms. The zero-order valence-corrected chi connectivity index (χ0v) is 21.6. The molecule has 0 bridgehead atoms. The highest BCUT2D eigenvalue weighted by Gasteiger charge is 2.36. The van der Waals surface area contributed by atoms with Crippen molar-refractivity contribution in [2.45, 2.75) is 142 Å². The van der Waals surface area contributed by atoms with Crippen molar-refractivity contribution >= 4 is 0 Å². The highest BCUT2D eigenvalue weighted by Crippen LogP contribution is 2.48. The zero-order chi connectivity index (χ0) is 22.2. The number of aryl methyl sites for hydroxylation is 1. The maximum Gasteiger partial charge on any atom is -0.0159 e. The van der Waals surface area contributed by atoms with Crippen molar-refractivity contribution in [3.63, 3.8) is 0 Å². The Labute approximate surface area is 200 Å². The van der Waals surface area contributed by atoms with Crippen LogP contribution < -0.4 is 0 Å². The van der Waals surface area contributed by atoms with E-state index in [1.165, 1.54) is 116 Å². The summed E-state index contributed by atoms with van der Waals surface area (Å²) in [7, 11) is 0. The van der Waals surface area contributed by atoms with E-state index in [-0.39, 0.29) is 0 Å². The molecular weight excluding hydrogens is 384 g/mol. The lowest BCUT2D eigenvalue weighted by Gasteiger charge is -2.42. The summed E-state index contributed by atoms with van der Waals surface area (Å²) in [5.41, 5.74) is 5.10. The molecule has 3 aliphatic rings. The molecule has 0 nitrogen and oxygen atoms in total. The van der Waals surface area contributed by atoms with E-state index in [9.17, 15) is 0 Å². The molecule has 5 atom stereocenters. The maximum absolute atomic E-state index is 2.66. The van der Waals surface area contributed by atoms with Crippen LogP contribution in [0.25, 0.3) is 0 Å². The van der Waals surface area contributed by atoms with Gasteiger partial charge in [-0.3, -0.25) is 0 Å². The highest BCUT2D eigenvalue weighted by molar-refractivity contribution is 5.36. The smallest absolute Gasteiger partial charge is 0.0159 e. The van der Waals surface area contributed by atoms with Crippen molar-refractivity contribution in [1.82, 2.24) is 0 Å². The van der Waals surface area contributed by atoms with Gasteiger partial charge in [-0.1, -0.05) is 103 Å². The normalized spacial score (nSPS) is 30.0. The summed E-state index contributed by atoms with van der Waals surface area (Å²) in [6.07, 6.45) is 27.7. The minimum Gasteiger partial charge on any atom is -0.0654 e. The monoisotopic (exact) mass is 436 g/mol. The molecule has 1 aromatic rings. The Kier molecular flexibility index (Phi) is 9.60. The van der Waals surface area contributed by atoms with E-state index in [0.29, 0.717) is 0 Å². The molecule has 3 aliphatic carbocycles. The van der Waals surface area contributed by atoms with Crippen LogP contribution in [0.5, 0.6) is 0 Å². The van der Waals surface area contributed by atoms with Crippen molar-refractivity contribution in [2.75, 3.05) is 0 Å². The fourth-order valence-electron chi connectivity index (χ4n) is 7.62. The van der Waals surface area contributed by atoms with E-state index in [1.54, 1.807) is 23.1 Å². The van der Waals surface area contributed by atoms with Gasteiger partial charge in [0.05, 0.1) is 0 Å². The predicted molar refractivity (Wildman–Crippen MR) is 140 cm³/mol. The number of unbranched alkanes of at least 4 members (excludes halogenated alkanes) is 6. The van der Waals surface area contributed by atoms with Crippen LogP contribution in [0.2, 0.25) is 0 Å². The molecule has 4 rings (SSSR count). The van der Waals surface area contributed by atoms with Gasteiger partial charge in [-0.05, 0) is 97.6 Å². The Balaban J connectivity index is 1.25. The molecule has 5 unspecified atom stereocenters. The van der Waals surface area contributed by atoms with Crippen LogP contribution in [0.3, 0.4) is 0 Å². The molecule has 0 N–H and O–H groups in total. The van der Waals surface area contributed by atoms with Gasteiger partial charge in [0.2, 0.25) is 0 Å². The van der Waals surface area contributed by atoms with Gasteiger partial charge in [0.25, 0.3) is 0 Å². The molecule has 1 aromatic carbocycles. The van der Waals surface area contributed by atoms with Crippen molar-refractivity contribution in [3.05, 3.63) is 34.9 Å². The third-order valence-electron chi connectivity index (χ3n) is 9.69. The van der Waals surface area contributed by atoms with Gasteiger partial charge in [-0.15, -0.1) is 0 Å². The van der Waals surface area contributed by atoms with E-state index in [2.05, 4.69) is 32.0 Å². The Bertz CT molecular complexity index is 673. The first kappa shape index (κ1) is 24.3. The van der Waals surface area contributed by atoms with Crippen LogP contribution in [0.15, 0.2) is 18.2 Å². The molecule has 180 valence electrons. The summed E-state index contributed by atoms with van der Waals surface area (Å²) in [5, 5.41) is 0. The molecular formula is C32H52. The number of hydrogen-bond acceptors (Lipinski definition) is 0. The number of hydrogen-bond donors (Lipinski definition) is 0. The molecule has 0 spiro atoms. The number of fused-ring (bicyclic) bond motifs is 2. The first-order valence-electron chi connectivity index (χ1n) is 14.9. The van der Waals surface area contributed by atoms with Crippen LogP contribution in [-0.4, -0.2) is 0 Å². The van der Waals surface area contributed by atoms with E-state index in [0.717, 1.165) is 29.6 Å². The topological polar surface area (TPSA) is 0 Å². The van der Waals surface area contributed by atoms with E-state index < -0.39 is 0 Å². The fraction of sp³-hybridized carbons (Fsp3) is 0.812. The molecule has 0 heterocycles. The van der Waals surface area contributed by atoms with Crippen LogP contribution in [-0.2, 0) is 12.8 Å². The molecule has 2 fully saturated rings. The number of rotatable bonds is 11. The lowest BCUT2D eigenvalue weighted by molar-refractivity contribution is 0.113. The zero-order valence-electron chi connectivity index (χ0n) is 21.6. The van der Waals surface area contributed by atoms with Crippen molar-refractivity contribution in [1.29, 1.82) is 0 Å². The van der Waals surface area contributed by atoms with Crippen molar-refractivity contribution in [3.8, 4) is 0 Å². The van der Waals surface area contributed by atoms with Crippen molar-refractivity contribution in [2.24, 2.45) is 23.7 Å². The largest absolute Gasteiger partial charge is 0.0654 e. The van der Waals surface area contributed by atoms with E-state index >= 15 is 0 Å². The second-order valence-corrected chi connectivity index (χ2v) is 12.0. The second kappa shape index (κ2) is 12.6. The molecule has 32 heavy (non-hydrogen) atoms. The highest BCUT2D eigenvalue weighted by atomic mass is 14.4. The Hall–Kier alpha value is -0.780. The average Bonchev–Trinajstić information content (AvgIpc) is 2.84. The summed E-state index contributed by atoms with van der Waals surface area (Å²) in [5.74, 6) is 4.96. The number of benzene rings is 1. The van der Waals surface area contributed by atoms with Crippen LogP contribution in [0.4, 0.5) is 0 Å². The van der Waals surface area contributed by atoms with E-state index in [4.69, 9.17) is 0 Å². The minimum absolute atomic E-state index is 0.856. The first-order valence-corrected chi connectivity index (χ1v) is 14.9. The first-order chi connectivity index (χ1) is 15.8. The summed E-state index contributed by atoms with van der Waals surface area (Å²) in [6, 6.07) is 7.75. The summed E-state index contributed by atoms with van der Waals surface area (Å²) < 4.78 is 0. The lowest BCUT2D eigenvalue weighted by Crippen LogP contribution is -2.30. The summed E-state index contributed by atoms with van der Waals surface area (Å²) in [6.45, 7) is 4.65. The molecule has 2 saturated carbocycles. The van der Waals surface area contributed by atoms with Crippen LogP contribution in [0, 0.1) is 23.7 Å². The second-order valence-electron chi connectivity index (χ2n) is 12.0. The standard InChI is InChI=1S/C32H52/c1-3-5-7-9-11-25-13-15-29-23-31(19-17-27(29)21-25)32-20-18-28-22-26(12-10-8-6-4-2)14-16-30(28)24-32/h17,19,23,25-26,28,30,32H,3-16,18,20-22,24H2,1-2H3. The third-order valence-corrected chi connectivity index (χ3v) is 9.69. The Morgan fingerprint density at radius 1 is 0.656 bits per heavy atom. The van der Waals surface area contributed by atoms with Crippen LogP contribution >= 0.6 is 0 Å². The van der Waals surface area contributed by atoms with Gasteiger partial charge in [-0.25, -0.2) is 0 Å². The molecule has 0 radical (unpaired) electrons. The lowest BCUT2D eigenvalue weighted by atomic mass is 9.63. The molecule has 0 aliphatic heterocycles.